The number of hydrogen-bond donors (Lipinski definition) is 1. The fraction of sp³-hybridized carbons (Fsp3) is 0.286. The summed E-state index contributed by atoms with van der Waals surface area (Å²) in [4.78, 5) is 38.3. The highest BCUT2D eigenvalue weighted by Crippen LogP contribution is 2.37. The molecule has 1 unspecified atom stereocenters. The van der Waals surface area contributed by atoms with Crippen molar-refractivity contribution in [2.45, 2.75) is 26.1 Å². The number of halogens is 4. The summed E-state index contributed by atoms with van der Waals surface area (Å²) in [6.07, 6.45) is -5.92. The Labute approximate surface area is 201 Å². The van der Waals surface area contributed by atoms with Crippen LogP contribution in [0, 0.1) is 10.1 Å². The van der Waals surface area contributed by atoms with Gasteiger partial charge < -0.3 is 19.5 Å². The molecule has 2 amide bonds. The second-order valence-electron chi connectivity index (χ2n) is 6.67. The Bertz CT molecular complexity index is 1160. The number of esters is 1. The molecular formula is C21H19ClF3N3O7. The van der Waals surface area contributed by atoms with Crippen molar-refractivity contribution in [2.24, 2.45) is 4.99 Å². The van der Waals surface area contributed by atoms with E-state index in [0.29, 0.717) is 6.07 Å². The molecule has 0 aliphatic heterocycles. The van der Waals surface area contributed by atoms with Gasteiger partial charge in [0.05, 0.1) is 22.1 Å². The van der Waals surface area contributed by atoms with E-state index < -0.39 is 46.4 Å². The number of hydrogen-bond acceptors (Lipinski definition) is 7. The average molecular weight is 518 g/mol. The van der Waals surface area contributed by atoms with Crippen molar-refractivity contribution >= 4 is 35.2 Å². The summed E-state index contributed by atoms with van der Waals surface area (Å²) in [7, 11) is 1.25. The number of aliphatic imine (C=N–C) groups is 1. The third-order valence-corrected chi connectivity index (χ3v) is 4.50. The summed E-state index contributed by atoms with van der Waals surface area (Å²) >= 11 is 5.90. The Morgan fingerprint density at radius 3 is 2.46 bits per heavy atom. The number of nitrogens with zero attached hydrogens (tertiary/aromatic N) is 2. The Balaban J connectivity index is 2.52. The lowest BCUT2D eigenvalue weighted by atomic mass is 10.1. The molecule has 2 rings (SSSR count). The van der Waals surface area contributed by atoms with Crippen LogP contribution >= 0.6 is 11.6 Å². The van der Waals surface area contributed by atoms with Crippen molar-refractivity contribution in [2.75, 3.05) is 13.7 Å². The molecule has 0 saturated carbocycles. The number of urea groups is 1. The molecule has 0 heterocycles. The first kappa shape index (κ1) is 27.4. The van der Waals surface area contributed by atoms with Crippen LogP contribution in [0.4, 0.5) is 23.7 Å². The summed E-state index contributed by atoms with van der Waals surface area (Å²) in [5.74, 6) is -1.70. The number of carbonyl (C=O) groups excluding carboxylic acids is 2. The lowest BCUT2D eigenvalue weighted by Gasteiger charge is -2.16. The Kier molecular flexibility index (Phi) is 9.00. The van der Waals surface area contributed by atoms with Gasteiger partial charge in [0.1, 0.15) is 17.1 Å². The minimum atomic E-state index is -4.62. The maximum absolute atomic E-state index is 12.9. The van der Waals surface area contributed by atoms with E-state index in [1.54, 1.807) is 6.92 Å². The predicted molar refractivity (Wildman–Crippen MR) is 118 cm³/mol. The van der Waals surface area contributed by atoms with Gasteiger partial charge >= 0.3 is 18.2 Å². The number of alkyl halides is 3. The monoisotopic (exact) mass is 517 g/mol. The zero-order valence-electron chi connectivity index (χ0n) is 18.5. The molecule has 35 heavy (non-hydrogen) atoms. The SMILES string of the molecule is CCOC(=O)C(C)OC(=NC(=O)NC)c1cc(Oc2ccc(C(F)(F)F)cc2Cl)ccc1[N+](=O)[O-]. The zero-order chi connectivity index (χ0) is 26.3. The number of benzene rings is 2. The number of nitrogens with one attached hydrogen (secondary N) is 1. The highest BCUT2D eigenvalue weighted by Gasteiger charge is 2.31. The Morgan fingerprint density at radius 1 is 1.23 bits per heavy atom. The summed E-state index contributed by atoms with van der Waals surface area (Å²) in [5.41, 5.74) is -1.91. The third kappa shape index (κ3) is 7.30. The van der Waals surface area contributed by atoms with Gasteiger partial charge in [-0.2, -0.15) is 18.2 Å². The van der Waals surface area contributed by atoms with Crippen LogP contribution in [-0.2, 0) is 20.4 Å². The second-order valence-corrected chi connectivity index (χ2v) is 7.07. The smallest absolute Gasteiger partial charge is 0.416 e. The minimum Gasteiger partial charge on any atom is -0.463 e. The molecule has 0 spiro atoms. The van der Waals surface area contributed by atoms with Crippen LogP contribution < -0.4 is 10.1 Å². The van der Waals surface area contributed by atoms with E-state index in [1.165, 1.54) is 14.0 Å². The van der Waals surface area contributed by atoms with E-state index in [0.717, 1.165) is 30.3 Å². The fourth-order valence-corrected chi connectivity index (χ4v) is 2.79. The molecule has 14 heteroatoms. The van der Waals surface area contributed by atoms with Gasteiger partial charge in [-0.25, -0.2) is 9.59 Å². The molecule has 1 N–H and O–H groups in total. The van der Waals surface area contributed by atoms with Crippen molar-refractivity contribution in [3.05, 3.63) is 62.7 Å². The van der Waals surface area contributed by atoms with E-state index in [4.69, 9.17) is 25.8 Å². The molecule has 0 fully saturated rings. The molecule has 0 saturated heterocycles. The first-order valence-corrected chi connectivity index (χ1v) is 10.2. The molecule has 10 nitrogen and oxygen atoms in total. The van der Waals surface area contributed by atoms with Crippen molar-refractivity contribution in [3.63, 3.8) is 0 Å². The van der Waals surface area contributed by atoms with E-state index in [2.05, 4.69) is 10.3 Å². The van der Waals surface area contributed by atoms with Crippen LogP contribution in [0.1, 0.15) is 25.0 Å². The highest BCUT2D eigenvalue weighted by molar-refractivity contribution is 6.32. The van der Waals surface area contributed by atoms with E-state index in [1.807, 2.05) is 0 Å². The van der Waals surface area contributed by atoms with Crippen molar-refractivity contribution < 1.29 is 41.9 Å². The van der Waals surface area contributed by atoms with E-state index >= 15 is 0 Å². The van der Waals surface area contributed by atoms with Crippen molar-refractivity contribution in [1.29, 1.82) is 0 Å². The topological polar surface area (TPSA) is 129 Å². The minimum absolute atomic E-state index is 0.0335. The number of nitro benzene ring substituents is 1. The molecule has 0 radical (unpaired) electrons. The summed E-state index contributed by atoms with van der Waals surface area (Å²) in [6.45, 7) is 2.87. The van der Waals surface area contributed by atoms with Gasteiger partial charge in [-0.05, 0) is 38.1 Å². The van der Waals surface area contributed by atoms with Gasteiger partial charge in [0.25, 0.3) is 5.69 Å². The standard InChI is InChI=1S/C21H19ClF3N3O7/c1-4-33-19(29)11(2)34-18(27-20(30)26-3)14-10-13(6-7-16(14)28(31)32)35-17-8-5-12(9-15(17)22)21(23,24)25/h5-11H,4H2,1-3H3,(H,26,30). The number of amides is 2. The van der Waals surface area contributed by atoms with Gasteiger partial charge in [-0.1, -0.05) is 11.6 Å². The average Bonchev–Trinajstić information content (AvgIpc) is 2.79. The van der Waals surface area contributed by atoms with Gasteiger partial charge in [0, 0.05) is 19.2 Å². The lowest BCUT2D eigenvalue weighted by molar-refractivity contribution is -0.385. The summed E-state index contributed by atoms with van der Waals surface area (Å²) in [5, 5.41) is 13.4. The van der Waals surface area contributed by atoms with Crippen LogP contribution in [0.5, 0.6) is 11.5 Å². The normalized spacial score (nSPS) is 12.5. The van der Waals surface area contributed by atoms with Crippen molar-refractivity contribution in [3.8, 4) is 11.5 Å². The Morgan fingerprint density at radius 2 is 1.91 bits per heavy atom. The van der Waals surface area contributed by atoms with Crippen molar-refractivity contribution in [1.82, 2.24) is 5.32 Å². The van der Waals surface area contributed by atoms with Crippen LogP contribution in [-0.4, -0.2) is 42.6 Å². The van der Waals surface area contributed by atoms with Crippen LogP contribution in [0.25, 0.3) is 0 Å². The number of carbonyl (C=O) groups is 2. The third-order valence-electron chi connectivity index (χ3n) is 4.21. The maximum atomic E-state index is 12.9. The molecule has 2 aromatic carbocycles. The lowest BCUT2D eigenvalue weighted by Crippen LogP contribution is -2.28. The zero-order valence-corrected chi connectivity index (χ0v) is 19.3. The Hall–Kier alpha value is -3.87. The van der Waals surface area contributed by atoms with E-state index in [9.17, 15) is 32.9 Å². The van der Waals surface area contributed by atoms with Gasteiger partial charge in [-0.3, -0.25) is 10.1 Å². The largest absolute Gasteiger partial charge is 0.463 e. The second kappa shape index (κ2) is 11.5. The van der Waals surface area contributed by atoms with Gasteiger partial charge in [0.15, 0.2) is 6.10 Å². The predicted octanol–water partition coefficient (Wildman–Crippen LogP) is 5.11. The summed E-state index contributed by atoms with van der Waals surface area (Å²) in [6, 6.07) is 4.66. The van der Waals surface area contributed by atoms with Gasteiger partial charge in [-0.15, -0.1) is 0 Å². The highest BCUT2D eigenvalue weighted by atomic mass is 35.5. The molecule has 0 aliphatic rings. The number of rotatable bonds is 7. The molecule has 0 aliphatic carbocycles. The first-order valence-electron chi connectivity index (χ1n) is 9.84. The summed E-state index contributed by atoms with van der Waals surface area (Å²) < 4.78 is 54.4. The maximum Gasteiger partial charge on any atom is 0.416 e. The first-order chi connectivity index (χ1) is 16.4. The molecule has 0 aromatic heterocycles. The van der Waals surface area contributed by atoms with Crippen LogP contribution in [0.3, 0.4) is 0 Å². The molecule has 1 atom stereocenters. The molecule has 188 valence electrons. The molecule has 0 bridgehead atoms. The fourth-order valence-electron chi connectivity index (χ4n) is 2.57. The number of nitro groups is 1. The van der Waals surface area contributed by atoms with Crippen LogP contribution in [0.2, 0.25) is 5.02 Å². The number of ether oxygens (including phenoxy) is 3. The quantitative estimate of drug-likeness (QED) is 0.177. The molecular weight excluding hydrogens is 499 g/mol. The van der Waals surface area contributed by atoms with Gasteiger partial charge in [0.2, 0.25) is 5.90 Å². The molecule has 2 aromatic rings. The van der Waals surface area contributed by atoms with E-state index in [-0.39, 0.29) is 28.7 Å². The van der Waals surface area contributed by atoms with Crippen LogP contribution in [0.15, 0.2) is 41.4 Å².